The van der Waals surface area contributed by atoms with Crippen LogP contribution in [0.2, 0.25) is 0 Å². The van der Waals surface area contributed by atoms with Gasteiger partial charge in [0.1, 0.15) is 5.69 Å². The zero-order chi connectivity index (χ0) is 10.2. The lowest BCUT2D eigenvalue weighted by Gasteiger charge is -2.05. The Hall–Kier alpha value is -1.39. The fraction of sp³-hybridized carbons (Fsp3) is 0.625. The number of hydrogen-bond donors (Lipinski definition) is 0. The smallest absolute Gasteiger partial charge is 0.345 e. The molecule has 0 aliphatic heterocycles. The van der Waals surface area contributed by atoms with Gasteiger partial charge in [0.05, 0.1) is 6.04 Å². The lowest BCUT2D eigenvalue weighted by atomic mass is 10.3. The van der Waals surface area contributed by atoms with E-state index in [2.05, 4.69) is 4.98 Å². The predicted molar refractivity (Wildman–Crippen MR) is 48.7 cm³/mol. The van der Waals surface area contributed by atoms with Crippen molar-refractivity contribution in [1.82, 2.24) is 9.55 Å². The van der Waals surface area contributed by atoms with Gasteiger partial charge in [-0.1, -0.05) is 0 Å². The van der Waals surface area contributed by atoms with Crippen molar-refractivity contribution in [2.24, 2.45) is 0 Å². The third kappa shape index (κ3) is 1.54. The molecule has 72 valence electrons. The summed E-state index contributed by atoms with van der Waals surface area (Å²) in [6.45, 7) is 7.24. The number of hydrogen-bond acceptors (Lipinski definition) is 3. The molecule has 1 rings (SSSR count). The second kappa shape index (κ2) is 3.16. The van der Waals surface area contributed by atoms with Gasteiger partial charge in [0.25, 0.3) is 0 Å². The van der Waals surface area contributed by atoms with E-state index in [4.69, 9.17) is 0 Å². The lowest BCUT2D eigenvalue weighted by molar-refractivity contribution is -0.393. The van der Waals surface area contributed by atoms with Gasteiger partial charge in [0.2, 0.25) is 0 Å². The van der Waals surface area contributed by atoms with Crippen LogP contribution in [0, 0.1) is 24.0 Å². The standard InChI is InChI=1S/C8H13N3O2/c1-5(2)10-7(4)9-6(3)8(10)11(12)13/h5H,1-4H3. The van der Waals surface area contributed by atoms with E-state index in [1.807, 2.05) is 13.8 Å². The summed E-state index contributed by atoms with van der Waals surface area (Å²) in [5.41, 5.74) is 0.483. The molecule has 0 saturated carbocycles. The number of aryl methyl sites for hydroxylation is 2. The number of rotatable bonds is 2. The number of nitrogens with zero attached hydrogens (tertiary/aromatic N) is 3. The van der Waals surface area contributed by atoms with Gasteiger partial charge >= 0.3 is 5.82 Å². The topological polar surface area (TPSA) is 61.0 Å². The molecule has 1 heterocycles. The van der Waals surface area contributed by atoms with Crippen LogP contribution in [0.15, 0.2) is 0 Å². The lowest BCUT2D eigenvalue weighted by Crippen LogP contribution is -2.07. The van der Waals surface area contributed by atoms with Crippen LogP contribution in [-0.4, -0.2) is 14.5 Å². The summed E-state index contributed by atoms with van der Waals surface area (Å²) >= 11 is 0. The third-order valence-corrected chi connectivity index (χ3v) is 1.92. The Morgan fingerprint density at radius 3 is 2.31 bits per heavy atom. The average molecular weight is 183 g/mol. The first-order chi connectivity index (χ1) is 5.95. The van der Waals surface area contributed by atoms with Crippen LogP contribution in [0.5, 0.6) is 0 Å². The van der Waals surface area contributed by atoms with Crippen LogP contribution in [0.3, 0.4) is 0 Å². The fourth-order valence-electron chi connectivity index (χ4n) is 1.51. The highest BCUT2D eigenvalue weighted by Crippen LogP contribution is 2.23. The molecule has 0 aliphatic carbocycles. The second-order valence-corrected chi connectivity index (χ2v) is 3.29. The summed E-state index contributed by atoms with van der Waals surface area (Å²) in [6, 6.07) is 0.0709. The largest absolute Gasteiger partial charge is 0.358 e. The van der Waals surface area contributed by atoms with Crippen molar-refractivity contribution in [3.63, 3.8) is 0 Å². The highest BCUT2D eigenvalue weighted by molar-refractivity contribution is 5.29. The molecule has 0 atom stereocenters. The van der Waals surface area contributed by atoms with Crippen molar-refractivity contribution >= 4 is 5.82 Å². The molecule has 0 saturated heterocycles. The normalized spacial score (nSPS) is 10.8. The van der Waals surface area contributed by atoms with Crippen LogP contribution in [0.25, 0.3) is 0 Å². The molecule has 0 amide bonds. The molecule has 13 heavy (non-hydrogen) atoms. The number of imidazole rings is 1. The van der Waals surface area contributed by atoms with Crippen LogP contribution in [0.4, 0.5) is 5.82 Å². The van der Waals surface area contributed by atoms with E-state index in [0.717, 1.165) is 0 Å². The van der Waals surface area contributed by atoms with Crippen LogP contribution in [-0.2, 0) is 0 Å². The number of aromatic nitrogens is 2. The third-order valence-electron chi connectivity index (χ3n) is 1.92. The molecular formula is C8H13N3O2. The first kappa shape index (κ1) is 9.70. The maximum absolute atomic E-state index is 10.7. The molecule has 5 heteroatoms. The molecule has 0 fully saturated rings. The Bertz CT molecular complexity index is 341. The summed E-state index contributed by atoms with van der Waals surface area (Å²) in [5, 5.41) is 10.7. The first-order valence-corrected chi connectivity index (χ1v) is 4.15. The molecular weight excluding hydrogens is 170 g/mol. The zero-order valence-electron chi connectivity index (χ0n) is 8.24. The minimum atomic E-state index is -0.380. The van der Waals surface area contributed by atoms with Crippen molar-refractivity contribution < 1.29 is 4.92 Å². The van der Waals surface area contributed by atoms with Crippen molar-refractivity contribution in [2.45, 2.75) is 33.7 Å². The molecule has 0 radical (unpaired) electrons. The molecule has 0 aliphatic rings. The van der Waals surface area contributed by atoms with E-state index in [-0.39, 0.29) is 16.8 Å². The van der Waals surface area contributed by atoms with Gasteiger partial charge < -0.3 is 10.1 Å². The van der Waals surface area contributed by atoms with E-state index in [9.17, 15) is 10.1 Å². The summed E-state index contributed by atoms with van der Waals surface area (Å²) in [5.74, 6) is 0.798. The Morgan fingerprint density at radius 1 is 1.46 bits per heavy atom. The summed E-state index contributed by atoms with van der Waals surface area (Å²) < 4.78 is 1.63. The first-order valence-electron chi connectivity index (χ1n) is 4.15. The van der Waals surface area contributed by atoms with Gasteiger partial charge in [-0.05, 0) is 25.7 Å². The second-order valence-electron chi connectivity index (χ2n) is 3.29. The molecule has 0 spiro atoms. The molecule has 1 aromatic heterocycles. The predicted octanol–water partition coefficient (Wildman–Crippen LogP) is 1.99. The van der Waals surface area contributed by atoms with E-state index in [0.29, 0.717) is 11.5 Å². The summed E-state index contributed by atoms with van der Waals surface area (Å²) in [7, 11) is 0. The monoisotopic (exact) mass is 183 g/mol. The minimum Gasteiger partial charge on any atom is -0.358 e. The Morgan fingerprint density at radius 2 is 2.00 bits per heavy atom. The van der Waals surface area contributed by atoms with Gasteiger partial charge in [-0.25, -0.2) is 9.55 Å². The molecule has 0 unspecified atom stereocenters. The van der Waals surface area contributed by atoms with Gasteiger partial charge in [0, 0.05) is 6.92 Å². The quantitative estimate of drug-likeness (QED) is 0.520. The summed E-state index contributed by atoms with van der Waals surface area (Å²) in [6.07, 6.45) is 0. The maximum atomic E-state index is 10.7. The molecule has 0 N–H and O–H groups in total. The van der Waals surface area contributed by atoms with Crippen molar-refractivity contribution in [1.29, 1.82) is 0 Å². The fourth-order valence-corrected chi connectivity index (χ4v) is 1.51. The van der Waals surface area contributed by atoms with E-state index in [1.165, 1.54) is 0 Å². The van der Waals surface area contributed by atoms with Crippen molar-refractivity contribution in [3.05, 3.63) is 21.6 Å². The SMILES string of the molecule is Cc1nc(C)n(C(C)C)c1[N+](=O)[O-]. The Balaban J connectivity index is 3.38. The Kier molecular flexibility index (Phi) is 2.36. The van der Waals surface area contributed by atoms with Crippen LogP contribution >= 0.6 is 0 Å². The van der Waals surface area contributed by atoms with Crippen LogP contribution < -0.4 is 0 Å². The molecule has 0 bridgehead atoms. The number of nitro groups is 1. The molecule has 5 nitrogen and oxygen atoms in total. The van der Waals surface area contributed by atoms with E-state index in [1.54, 1.807) is 18.4 Å². The zero-order valence-corrected chi connectivity index (χ0v) is 8.24. The van der Waals surface area contributed by atoms with Gasteiger partial charge in [-0.15, -0.1) is 0 Å². The highest BCUT2D eigenvalue weighted by Gasteiger charge is 2.23. The summed E-state index contributed by atoms with van der Waals surface area (Å²) in [4.78, 5) is 14.4. The highest BCUT2D eigenvalue weighted by atomic mass is 16.6. The molecule has 0 aromatic carbocycles. The van der Waals surface area contributed by atoms with Gasteiger partial charge in [-0.2, -0.15) is 0 Å². The minimum absolute atomic E-state index is 0.0709. The van der Waals surface area contributed by atoms with Crippen molar-refractivity contribution in [2.75, 3.05) is 0 Å². The van der Waals surface area contributed by atoms with Crippen molar-refractivity contribution in [3.8, 4) is 0 Å². The van der Waals surface area contributed by atoms with Crippen LogP contribution in [0.1, 0.15) is 31.4 Å². The van der Waals surface area contributed by atoms with E-state index >= 15 is 0 Å². The van der Waals surface area contributed by atoms with Gasteiger partial charge in [0.15, 0.2) is 5.82 Å². The average Bonchev–Trinajstić information content (AvgIpc) is 2.24. The van der Waals surface area contributed by atoms with E-state index < -0.39 is 0 Å². The Labute approximate surface area is 76.5 Å². The molecule has 1 aromatic rings. The van der Waals surface area contributed by atoms with Gasteiger partial charge in [-0.3, -0.25) is 0 Å². The maximum Gasteiger partial charge on any atom is 0.345 e.